The first-order valence-electron chi connectivity index (χ1n) is 7.30. The van der Waals surface area contributed by atoms with E-state index in [1.165, 1.54) is 0 Å². The monoisotopic (exact) mass is 308 g/mol. The summed E-state index contributed by atoms with van der Waals surface area (Å²) >= 11 is 0. The van der Waals surface area contributed by atoms with E-state index in [2.05, 4.69) is 0 Å². The molecule has 5 nitrogen and oxygen atoms in total. The van der Waals surface area contributed by atoms with Gasteiger partial charge < -0.3 is 20.1 Å². The second-order valence-electron chi connectivity index (χ2n) is 5.23. The van der Waals surface area contributed by atoms with Crippen molar-refractivity contribution in [1.82, 2.24) is 4.90 Å². The van der Waals surface area contributed by atoms with Crippen molar-refractivity contribution in [3.8, 4) is 0 Å². The molecule has 1 fully saturated rings. The Labute approximate surface area is 128 Å². The largest absolute Gasteiger partial charge is 0.379 e. The van der Waals surface area contributed by atoms with Gasteiger partial charge in [0, 0.05) is 25.7 Å². The summed E-state index contributed by atoms with van der Waals surface area (Å²) in [5, 5.41) is 0. The highest BCUT2D eigenvalue weighted by molar-refractivity contribution is 5.85. The van der Waals surface area contributed by atoms with E-state index in [9.17, 15) is 4.79 Å². The molecule has 2 N–H and O–H groups in total. The number of nitrogens with two attached hydrogens (primary N) is 1. The molecule has 0 aromatic rings. The van der Waals surface area contributed by atoms with Gasteiger partial charge in [-0.25, -0.2) is 0 Å². The van der Waals surface area contributed by atoms with Crippen LogP contribution in [-0.2, 0) is 14.3 Å². The zero-order valence-electron chi connectivity index (χ0n) is 12.8. The minimum absolute atomic E-state index is 0. The number of amides is 1. The number of hydrogen-bond donors (Lipinski definition) is 1. The fourth-order valence-electron chi connectivity index (χ4n) is 2.40. The van der Waals surface area contributed by atoms with Crippen LogP contribution in [0, 0.1) is 5.92 Å². The lowest BCUT2D eigenvalue weighted by Gasteiger charge is -2.35. The Bertz CT molecular complexity index is 269. The number of halogens is 1. The molecule has 1 rings (SSSR count). The Kier molecular flexibility index (Phi) is 10.2. The zero-order valence-corrected chi connectivity index (χ0v) is 13.7. The van der Waals surface area contributed by atoms with E-state index >= 15 is 0 Å². The molecule has 1 aliphatic heterocycles. The minimum Gasteiger partial charge on any atom is -0.379 e. The molecule has 0 aromatic carbocycles. The average Bonchev–Trinajstić information content (AvgIpc) is 2.42. The molecule has 120 valence electrons. The number of rotatable bonds is 7. The fraction of sp³-hybridized carbons (Fsp3) is 0.929. The number of carbonyl (C=O) groups excluding carboxylic acids is 1. The van der Waals surface area contributed by atoms with E-state index in [0.717, 1.165) is 25.9 Å². The molecular weight excluding hydrogens is 280 g/mol. The Hall–Kier alpha value is -0.360. The van der Waals surface area contributed by atoms with Crippen molar-refractivity contribution in [2.24, 2.45) is 11.7 Å². The molecule has 0 spiro atoms. The van der Waals surface area contributed by atoms with Crippen LogP contribution in [0.5, 0.6) is 0 Å². The summed E-state index contributed by atoms with van der Waals surface area (Å²) in [6.45, 7) is 9.08. The number of carbonyl (C=O) groups is 1. The van der Waals surface area contributed by atoms with Gasteiger partial charge in [-0.15, -0.1) is 12.4 Å². The van der Waals surface area contributed by atoms with Crippen LogP contribution in [0.2, 0.25) is 0 Å². The Morgan fingerprint density at radius 2 is 1.90 bits per heavy atom. The van der Waals surface area contributed by atoms with Gasteiger partial charge in [-0.1, -0.05) is 0 Å². The van der Waals surface area contributed by atoms with Crippen molar-refractivity contribution in [2.75, 3.05) is 32.9 Å². The lowest BCUT2D eigenvalue weighted by molar-refractivity contribution is -0.145. The topological polar surface area (TPSA) is 64.8 Å². The van der Waals surface area contributed by atoms with Crippen LogP contribution in [0.25, 0.3) is 0 Å². The third-order valence-corrected chi connectivity index (χ3v) is 3.74. The highest BCUT2D eigenvalue weighted by Gasteiger charge is 2.27. The zero-order chi connectivity index (χ0) is 14.3. The molecule has 20 heavy (non-hydrogen) atoms. The Morgan fingerprint density at radius 1 is 1.30 bits per heavy atom. The summed E-state index contributed by atoms with van der Waals surface area (Å²) in [6, 6.07) is 0.220. The Morgan fingerprint density at radius 3 is 2.40 bits per heavy atom. The highest BCUT2D eigenvalue weighted by atomic mass is 35.5. The summed E-state index contributed by atoms with van der Waals surface area (Å²) < 4.78 is 10.7. The van der Waals surface area contributed by atoms with E-state index < -0.39 is 0 Å². The van der Waals surface area contributed by atoms with E-state index in [4.69, 9.17) is 15.2 Å². The molecule has 2 atom stereocenters. The van der Waals surface area contributed by atoms with Gasteiger partial charge in [0.2, 0.25) is 0 Å². The average molecular weight is 309 g/mol. The molecule has 1 saturated heterocycles. The van der Waals surface area contributed by atoms with Gasteiger partial charge in [0.05, 0.1) is 13.2 Å². The van der Waals surface area contributed by atoms with Crippen molar-refractivity contribution in [2.45, 2.75) is 45.8 Å². The molecule has 1 heterocycles. The fourth-order valence-corrected chi connectivity index (χ4v) is 2.40. The smallest absolute Gasteiger partial charge is 0.251 e. The quantitative estimate of drug-likeness (QED) is 0.723. The Balaban J connectivity index is 0.00000361. The number of likely N-dealkylation sites (tertiary alicyclic amines) is 1. The predicted molar refractivity (Wildman–Crippen MR) is 82.1 cm³/mol. The molecule has 1 amide bonds. The van der Waals surface area contributed by atoms with Crippen LogP contribution in [0.15, 0.2) is 0 Å². The number of nitrogens with zero attached hydrogens (tertiary/aromatic N) is 1. The standard InChI is InChI=1S/C14H28N2O3.ClH/c1-4-18-9-10-19-12(3)14(17)16-7-5-13(6-8-16)11(2)15;/h11-13H,4-10,15H2,1-3H3;1H. The molecule has 0 saturated carbocycles. The third kappa shape index (κ3) is 6.39. The number of piperidine rings is 1. The first kappa shape index (κ1) is 19.6. The highest BCUT2D eigenvalue weighted by Crippen LogP contribution is 2.20. The second kappa shape index (κ2) is 10.4. The first-order chi connectivity index (χ1) is 9.06. The maximum Gasteiger partial charge on any atom is 0.251 e. The van der Waals surface area contributed by atoms with Crippen molar-refractivity contribution < 1.29 is 14.3 Å². The van der Waals surface area contributed by atoms with Crippen LogP contribution in [0.4, 0.5) is 0 Å². The normalized spacial score (nSPS) is 19.3. The third-order valence-electron chi connectivity index (χ3n) is 3.74. The predicted octanol–water partition coefficient (Wildman–Crippen LogP) is 1.44. The van der Waals surface area contributed by atoms with Crippen LogP contribution in [-0.4, -0.2) is 55.9 Å². The summed E-state index contributed by atoms with van der Waals surface area (Å²) in [5.74, 6) is 0.623. The molecule has 1 aliphatic rings. The van der Waals surface area contributed by atoms with E-state index in [1.54, 1.807) is 0 Å². The van der Waals surface area contributed by atoms with Crippen LogP contribution in [0.1, 0.15) is 33.6 Å². The SMILES string of the molecule is CCOCCOC(C)C(=O)N1CCC(C(C)N)CC1.Cl. The van der Waals surface area contributed by atoms with Gasteiger partial charge in [-0.05, 0) is 39.5 Å². The summed E-state index contributed by atoms with van der Waals surface area (Å²) in [4.78, 5) is 14.1. The minimum atomic E-state index is -0.382. The van der Waals surface area contributed by atoms with Gasteiger partial charge >= 0.3 is 0 Å². The molecule has 0 radical (unpaired) electrons. The first-order valence-corrected chi connectivity index (χ1v) is 7.30. The molecule has 0 bridgehead atoms. The van der Waals surface area contributed by atoms with E-state index in [0.29, 0.717) is 25.7 Å². The van der Waals surface area contributed by atoms with Gasteiger partial charge in [-0.2, -0.15) is 0 Å². The summed E-state index contributed by atoms with van der Waals surface area (Å²) in [6.07, 6.45) is 1.61. The van der Waals surface area contributed by atoms with Gasteiger partial charge in [0.25, 0.3) is 5.91 Å². The van der Waals surface area contributed by atoms with Crippen molar-refractivity contribution in [3.63, 3.8) is 0 Å². The van der Waals surface area contributed by atoms with Crippen molar-refractivity contribution in [3.05, 3.63) is 0 Å². The van der Waals surface area contributed by atoms with Crippen molar-refractivity contribution >= 4 is 18.3 Å². The maximum atomic E-state index is 12.2. The van der Waals surface area contributed by atoms with Gasteiger partial charge in [-0.3, -0.25) is 4.79 Å². The lowest BCUT2D eigenvalue weighted by atomic mass is 9.91. The summed E-state index contributed by atoms with van der Waals surface area (Å²) in [7, 11) is 0. The number of ether oxygens (including phenoxy) is 2. The van der Waals surface area contributed by atoms with E-state index in [1.807, 2.05) is 25.7 Å². The van der Waals surface area contributed by atoms with Crippen LogP contribution in [0.3, 0.4) is 0 Å². The number of hydrogen-bond acceptors (Lipinski definition) is 4. The van der Waals surface area contributed by atoms with Crippen LogP contribution < -0.4 is 5.73 Å². The van der Waals surface area contributed by atoms with Gasteiger partial charge in [0.1, 0.15) is 6.10 Å². The van der Waals surface area contributed by atoms with Crippen molar-refractivity contribution in [1.29, 1.82) is 0 Å². The molecular formula is C14H29ClN2O3. The molecule has 0 aromatic heterocycles. The maximum absolute atomic E-state index is 12.2. The lowest BCUT2D eigenvalue weighted by Crippen LogP contribution is -2.46. The van der Waals surface area contributed by atoms with Crippen LogP contribution >= 0.6 is 12.4 Å². The van der Waals surface area contributed by atoms with E-state index in [-0.39, 0.29) is 30.5 Å². The molecule has 6 heteroatoms. The van der Waals surface area contributed by atoms with Gasteiger partial charge in [0.15, 0.2) is 0 Å². The second-order valence-corrected chi connectivity index (χ2v) is 5.23. The molecule has 0 aliphatic carbocycles. The summed E-state index contributed by atoms with van der Waals surface area (Å²) in [5.41, 5.74) is 5.90. The molecule has 2 unspecified atom stereocenters.